The van der Waals surface area contributed by atoms with E-state index in [1.54, 1.807) is 32.9 Å². The van der Waals surface area contributed by atoms with Crippen molar-refractivity contribution in [1.29, 1.82) is 0 Å². The zero-order valence-electron chi connectivity index (χ0n) is 17.6. The number of nitro groups is 1. The molecule has 0 aliphatic carbocycles. The third-order valence-electron chi connectivity index (χ3n) is 3.87. The number of carbonyl (C=O) groups is 2. The Labute approximate surface area is 178 Å². The van der Waals surface area contributed by atoms with Gasteiger partial charge in [0, 0.05) is 6.54 Å². The van der Waals surface area contributed by atoms with Gasteiger partial charge in [-0.15, -0.1) is 0 Å². The van der Waals surface area contributed by atoms with Crippen LogP contribution in [0.25, 0.3) is 0 Å². The summed E-state index contributed by atoms with van der Waals surface area (Å²) < 4.78 is 15.3. The van der Waals surface area contributed by atoms with Crippen molar-refractivity contribution in [3.8, 4) is 0 Å². The fourth-order valence-corrected chi connectivity index (χ4v) is 2.67. The molecule has 0 aliphatic rings. The van der Waals surface area contributed by atoms with Gasteiger partial charge < -0.3 is 24.1 Å². The standard InChI is InChI=1S/C19H25N5O7/c1-4-29-15(25)7-8-23(11-14-6-5-9-30-14)19-17(24(27)28)18(21-12-22-19)20-10-16(26)31-13(2)3/h5-6,9,12-13H,4,7-8,10-11H2,1-3H3,(H,20,21,22). The predicted octanol–water partition coefficient (Wildman–Crippen LogP) is 2.30. The Morgan fingerprint density at radius 2 is 2.10 bits per heavy atom. The summed E-state index contributed by atoms with van der Waals surface area (Å²) in [5, 5.41) is 14.5. The Kier molecular flexibility index (Phi) is 8.73. The van der Waals surface area contributed by atoms with Crippen molar-refractivity contribution in [3.63, 3.8) is 0 Å². The molecule has 0 aromatic carbocycles. The maximum Gasteiger partial charge on any atom is 0.353 e. The fraction of sp³-hybridized carbons (Fsp3) is 0.474. The minimum absolute atomic E-state index is 0.0147. The van der Waals surface area contributed by atoms with E-state index in [1.165, 1.54) is 11.2 Å². The van der Waals surface area contributed by atoms with Gasteiger partial charge in [-0.25, -0.2) is 9.97 Å². The first-order valence-corrected chi connectivity index (χ1v) is 9.67. The van der Waals surface area contributed by atoms with Crippen LogP contribution in [0.5, 0.6) is 0 Å². The second-order valence-corrected chi connectivity index (χ2v) is 6.60. The van der Waals surface area contributed by atoms with Gasteiger partial charge in [-0.2, -0.15) is 0 Å². The molecule has 0 spiro atoms. The lowest BCUT2D eigenvalue weighted by atomic mass is 10.3. The summed E-state index contributed by atoms with van der Waals surface area (Å²) in [7, 11) is 0. The van der Waals surface area contributed by atoms with Gasteiger partial charge >= 0.3 is 17.6 Å². The lowest BCUT2D eigenvalue weighted by Crippen LogP contribution is -2.28. The predicted molar refractivity (Wildman–Crippen MR) is 109 cm³/mol. The SMILES string of the molecule is CCOC(=O)CCN(Cc1ccco1)c1ncnc(NCC(=O)OC(C)C)c1[N+](=O)[O-]. The second-order valence-electron chi connectivity index (χ2n) is 6.60. The van der Waals surface area contributed by atoms with Crippen LogP contribution in [0.3, 0.4) is 0 Å². The van der Waals surface area contributed by atoms with E-state index in [4.69, 9.17) is 13.9 Å². The van der Waals surface area contributed by atoms with Gasteiger partial charge in [-0.3, -0.25) is 19.7 Å². The van der Waals surface area contributed by atoms with Crippen LogP contribution in [0.2, 0.25) is 0 Å². The van der Waals surface area contributed by atoms with Gasteiger partial charge in [0.05, 0.1) is 36.9 Å². The largest absolute Gasteiger partial charge is 0.467 e. The van der Waals surface area contributed by atoms with E-state index in [1.807, 2.05) is 0 Å². The highest BCUT2D eigenvalue weighted by Crippen LogP contribution is 2.32. The van der Waals surface area contributed by atoms with Crippen LogP contribution >= 0.6 is 0 Å². The van der Waals surface area contributed by atoms with E-state index >= 15 is 0 Å². The van der Waals surface area contributed by atoms with Crippen molar-refractivity contribution in [2.75, 3.05) is 29.9 Å². The highest BCUT2D eigenvalue weighted by Gasteiger charge is 2.28. The van der Waals surface area contributed by atoms with E-state index in [0.29, 0.717) is 5.76 Å². The number of hydrogen-bond acceptors (Lipinski definition) is 11. The van der Waals surface area contributed by atoms with Crippen LogP contribution in [-0.2, 0) is 25.6 Å². The molecule has 2 aromatic heterocycles. The Hall–Kier alpha value is -3.70. The minimum Gasteiger partial charge on any atom is -0.467 e. The number of furan rings is 1. The van der Waals surface area contributed by atoms with Crippen LogP contribution in [0.4, 0.5) is 17.3 Å². The quantitative estimate of drug-likeness (QED) is 0.297. The summed E-state index contributed by atoms with van der Waals surface area (Å²) >= 11 is 0. The van der Waals surface area contributed by atoms with E-state index in [0.717, 1.165) is 6.33 Å². The fourth-order valence-electron chi connectivity index (χ4n) is 2.67. The van der Waals surface area contributed by atoms with Gasteiger partial charge in [-0.05, 0) is 32.9 Å². The average Bonchev–Trinajstić information content (AvgIpc) is 3.22. The molecule has 31 heavy (non-hydrogen) atoms. The Morgan fingerprint density at radius 3 is 2.71 bits per heavy atom. The zero-order chi connectivity index (χ0) is 22.8. The molecule has 0 amide bonds. The normalized spacial score (nSPS) is 10.6. The van der Waals surface area contributed by atoms with E-state index in [9.17, 15) is 19.7 Å². The first-order valence-electron chi connectivity index (χ1n) is 9.67. The number of anilines is 2. The summed E-state index contributed by atoms with van der Waals surface area (Å²) in [6.45, 7) is 5.21. The summed E-state index contributed by atoms with van der Waals surface area (Å²) in [5.41, 5.74) is -0.435. The van der Waals surface area contributed by atoms with Crippen molar-refractivity contribution in [1.82, 2.24) is 9.97 Å². The number of carbonyl (C=O) groups excluding carboxylic acids is 2. The third-order valence-corrected chi connectivity index (χ3v) is 3.87. The number of nitrogens with one attached hydrogen (secondary N) is 1. The molecular formula is C19H25N5O7. The highest BCUT2D eigenvalue weighted by atomic mass is 16.6. The number of hydrogen-bond donors (Lipinski definition) is 1. The molecule has 12 nitrogen and oxygen atoms in total. The molecule has 0 saturated carbocycles. The summed E-state index contributed by atoms with van der Waals surface area (Å²) in [4.78, 5) is 44.3. The van der Waals surface area contributed by atoms with Crippen molar-refractivity contribution in [3.05, 3.63) is 40.6 Å². The van der Waals surface area contributed by atoms with Crippen molar-refractivity contribution in [2.24, 2.45) is 0 Å². The smallest absolute Gasteiger partial charge is 0.353 e. The molecule has 0 fully saturated rings. The number of aromatic nitrogens is 2. The minimum atomic E-state index is -0.648. The monoisotopic (exact) mass is 435 g/mol. The summed E-state index contributed by atoms with van der Waals surface area (Å²) in [6.07, 6.45) is 2.27. The third kappa shape index (κ3) is 7.24. The number of nitrogens with zero attached hydrogens (tertiary/aromatic N) is 4. The molecule has 0 atom stereocenters. The summed E-state index contributed by atoms with van der Waals surface area (Å²) in [5.74, 6) is -0.679. The van der Waals surface area contributed by atoms with Crippen LogP contribution in [-0.4, -0.2) is 52.6 Å². The number of ether oxygens (including phenoxy) is 2. The Balaban J connectivity index is 2.31. The van der Waals surface area contributed by atoms with Crippen LogP contribution < -0.4 is 10.2 Å². The molecule has 0 saturated heterocycles. The van der Waals surface area contributed by atoms with Crippen LogP contribution in [0.1, 0.15) is 33.0 Å². The molecule has 2 heterocycles. The molecule has 2 aromatic rings. The van der Waals surface area contributed by atoms with Gasteiger partial charge in [-0.1, -0.05) is 0 Å². The maximum absolute atomic E-state index is 11.8. The molecule has 1 N–H and O–H groups in total. The topological polar surface area (TPSA) is 150 Å². The van der Waals surface area contributed by atoms with Gasteiger partial charge in [0.2, 0.25) is 11.6 Å². The molecule has 0 radical (unpaired) electrons. The van der Waals surface area contributed by atoms with Gasteiger partial charge in [0.15, 0.2) is 0 Å². The molecule has 2 rings (SSSR count). The first kappa shape index (κ1) is 23.6. The lowest BCUT2D eigenvalue weighted by molar-refractivity contribution is -0.383. The molecule has 0 unspecified atom stereocenters. The van der Waals surface area contributed by atoms with Crippen LogP contribution in [0.15, 0.2) is 29.1 Å². The molecule has 0 aliphatic heterocycles. The zero-order valence-corrected chi connectivity index (χ0v) is 17.6. The number of rotatable bonds is 12. The highest BCUT2D eigenvalue weighted by molar-refractivity contribution is 5.78. The van der Waals surface area contributed by atoms with Crippen LogP contribution in [0, 0.1) is 10.1 Å². The summed E-state index contributed by atoms with van der Waals surface area (Å²) in [6, 6.07) is 3.38. The Morgan fingerprint density at radius 1 is 1.32 bits per heavy atom. The van der Waals surface area contributed by atoms with E-state index < -0.39 is 22.5 Å². The van der Waals surface area contributed by atoms with Crippen molar-refractivity contribution >= 4 is 29.3 Å². The lowest BCUT2D eigenvalue weighted by Gasteiger charge is -2.22. The van der Waals surface area contributed by atoms with Gasteiger partial charge in [0.1, 0.15) is 18.6 Å². The second kappa shape index (κ2) is 11.5. The molecular weight excluding hydrogens is 410 g/mol. The van der Waals surface area contributed by atoms with Crippen molar-refractivity contribution < 1.29 is 28.4 Å². The van der Waals surface area contributed by atoms with E-state index in [-0.39, 0.29) is 50.4 Å². The molecule has 168 valence electrons. The van der Waals surface area contributed by atoms with Gasteiger partial charge in [0.25, 0.3) is 0 Å². The maximum atomic E-state index is 11.8. The molecule has 12 heteroatoms. The first-order chi connectivity index (χ1) is 14.8. The number of esters is 2. The van der Waals surface area contributed by atoms with Crippen molar-refractivity contribution in [2.45, 2.75) is 39.8 Å². The Bertz CT molecular complexity index is 886. The average molecular weight is 435 g/mol. The van der Waals surface area contributed by atoms with E-state index in [2.05, 4.69) is 15.3 Å². The molecule has 0 bridgehead atoms.